The molecule has 1 N–H and O–H groups in total. The van der Waals surface area contributed by atoms with Crippen molar-refractivity contribution < 1.29 is 22.7 Å². The van der Waals surface area contributed by atoms with E-state index in [-0.39, 0.29) is 34.0 Å². The van der Waals surface area contributed by atoms with Gasteiger partial charge in [-0.2, -0.15) is 0 Å². The van der Waals surface area contributed by atoms with E-state index in [1.807, 2.05) is 44.2 Å². The average molecular weight is 586 g/mol. The normalized spacial score (nSPS) is 12.1. The quantitative estimate of drug-likeness (QED) is 0.312. The predicted molar refractivity (Wildman–Crippen MR) is 158 cm³/mol. The van der Waals surface area contributed by atoms with Gasteiger partial charge < -0.3 is 15.0 Å². The highest BCUT2D eigenvalue weighted by molar-refractivity contribution is 7.92. The third-order valence-corrected chi connectivity index (χ3v) is 8.45. The van der Waals surface area contributed by atoms with Gasteiger partial charge in [-0.15, -0.1) is 0 Å². The van der Waals surface area contributed by atoms with Gasteiger partial charge in [0.15, 0.2) is 0 Å². The molecule has 3 rings (SSSR count). The highest BCUT2D eigenvalue weighted by Crippen LogP contribution is 2.32. The second kappa shape index (κ2) is 14.2. The Labute approximate surface area is 241 Å². The van der Waals surface area contributed by atoms with Crippen molar-refractivity contribution in [2.75, 3.05) is 31.0 Å². The lowest BCUT2D eigenvalue weighted by molar-refractivity contribution is -0.138. The van der Waals surface area contributed by atoms with Crippen molar-refractivity contribution in [3.05, 3.63) is 89.4 Å². The van der Waals surface area contributed by atoms with Crippen LogP contribution in [0.15, 0.2) is 83.8 Å². The van der Waals surface area contributed by atoms with E-state index in [4.69, 9.17) is 16.3 Å². The summed E-state index contributed by atoms with van der Waals surface area (Å²) in [6.45, 7) is 5.77. The SMILES string of the molecule is COc1ccc(N(CC(=O)N(CCc2ccccc2)[C@@H](C)C(=O)NCC(C)C)S(=O)(=O)c2ccccc2)cc1Cl. The number of ether oxygens (including phenoxy) is 1. The molecule has 0 aromatic heterocycles. The molecule has 0 aliphatic rings. The summed E-state index contributed by atoms with van der Waals surface area (Å²) in [5.41, 5.74) is 1.19. The molecule has 3 aromatic rings. The van der Waals surface area contributed by atoms with Crippen molar-refractivity contribution in [2.45, 2.75) is 38.1 Å². The van der Waals surface area contributed by atoms with Crippen LogP contribution in [0.1, 0.15) is 26.3 Å². The minimum absolute atomic E-state index is 0.0216. The zero-order valence-electron chi connectivity index (χ0n) is 23.2. The van der Waals surface area contributed by atoms with Gasteiger partial charge in [-0.05, 0) is 55.2 Å². The molecule has 0 aliphatic heterocycles. The number of methoxy groups -OCH3 is 1. The molecule has 0 radical (unpaired) electrons. The maximum absolute atomic E-state index is 13.9. The number of rotatable bonds is 13. The summed E-state index contributed by atoms with van der Waals surface area (Å²) in [5, 5.41) is 3.08. The zero-order chi connectivity index (χ0) is 29.3. The lowest BCUT2D eigenvalue weighted by Crippen LogP contribution is -2.52. The standard InChI is InChI=1S/C30H36ClN3O5S/c1-22(2)20-32-30(36)23(3)33(18-17-24-11-7-5-8-12-24)29(35)21-34(25-15-16-28(39-4)27(31)19-25)40(37,38)26-13-9-6-10-14-26/h5-16,19,22-23H,17-18,20-21H2,1-4H3,(H,32,36)/t23-/m0/s1. The Balaban J connectivity index is 1.98. The number of nitrogens with one attached hydrogen (secondary N) is 1. The van der Waals surface area contributed by atoms with Crippen LogP contribution in [-0.4, -0.2) is 57.9 Å². The van der Waals surface area contributed by atoms with Gasteiger partial charge in [0.1, 0.15) is 18.3 Å². The molecule has 0 unspecified atom stereocenters. The van der Waals surface area contributed by atoms with Crippen molar-refractivity contribution in [3.63, 3.8) is 0 Å². The van der Waals surface area contributed by atoms with Crippen molar-refractivity contribution >= 4 is 39.1 Å². The van der Waals surface area contributed by atoms with E-state index >= 15 is 0 Å². The third-order valence-electron chi connectivity index (χ3n) is 6.37. The van der Waals surface area contributed by atoms with E-state index < -0.39 is 28.5 Å². The van der Waals surface area contributed by atoms with E-state index in [2.05, 4.69) is 5.32 Å². The van der Waals surface area contributed by atoms with E-state index in [1.54, 1.807) is 31.2 Å². The van der Waals surface area contributed by atoms with Crippen LogP contribution in [0.4, 0.5) is 5.69 Å². The van der Waals surface area contributed by atoms with E-state index in [1.165, 1.54) is 36.3 Å². The fraction of sp³-hybridized carbons (Fsp3) is 0.333. The van der Waals surface area contributed by atoms with Gasteiger partial charge in [0, 0.05) is 13.1 Å². The number of nitrogens with zero attached hydrogens (tertiary/aromatic N) is 2. The molecule has 0 saturated heterocycles. The molecule has 0 heterocycles. The fourth-order valence-electron chi connectivity index (χ4n) is 4.08. The highest BCUT2D eigenvalue weighted by atomic mass is 35.5. The summed E-state index contributed by atoms with van der Waals surface area (Å²) in [7, 11) is -2.71. The first-order chi connectivity index (χ1) is 19.0. The number of halogens is 1. The minimum Gasteiger partial charge on any atom is -0.495 e. The molecule has 40 heavy (non-hydrogen) atoms. The Bertz CT molecular complexity index is 1380. The number of carbonyl (C=O) groups is 2. The smallest absolute Gasteiger partial charge is 0.264 e. The molecular formula is C30H36ClN3O5S. The number of sulfonamides is 1. The number of hydrogen-bond acceptors (Lipinski definition) is 5. The molecule has 0 fully saturated rings. The Morgan fingerprint density at radius 2 is 1.57 bits per heavy atom. The summed E-state index contributed by atoms with van der Waals surface area (Å²) in [4.78, 5) is 28.4. The topological polar surface area (TPSA) is 96.0 Å². The summed E-state index contributed by atoms with van der Waals surface area (Å²) < 4.78 is 33.9. The van der Waals surface area contributed by atoms with Gasteiger partial charge in [-0.25, -0.2) is 8.42 Å². The van der Waals surface area contributed by atoms with Gasteiger partial charge in [0.05, 0.1) is 22.7 Å². The molecule has 0 saturated carbocycles. The number of hydrogen-bond donors (Lipinski definition) is 1. The number of benzene rings is 3. The van der Waals surface area contributed by atoms with Gasteiger partial charge in [-0.3, -0.25) is 13.9 Å². The first kappa shape index (κ1) is 31.0. The predicted octanol–water partition coefficient (Wildman–Crippen LogP) is 4.78. The Morgan fingerprint density at radius 3 is 2.15 bits per heavy atom. The van der Waals surface area contributed by atoms with Gasteiger partial charge in [0.25, 0.3) is 10.0 Å². The van der Waals surface area contributed by atoms with Crippen LogP contribution in [0.5, 0.6) is 5.75 Å². The molecule has 1 atom stereocenters. The lowest BCUT2D eigenvalue weighted by Gasteiger charge is -2.32. The first-order valence-electron chi connectivity index (χ1n) is 13.1. The van der Waals surface area contributed by atoms with Crippen LogP contribution in [0.25, 0.3) is 0 Å². The molecule has 3 aromatic carbocycles. The maximum Gasteiger partial charge on any atom is 0.264 e. The van der Waals surface area contributed by atoms with Crippen LogP contribution in [0, 0.1) is 5.92 Å². The largest absolute Gasteiger partial charge is 0.495 e. The molecule has 214 valence electrons. The molecule has 0 bridgehead atoms. The van der Waals surface area contributed by atoms with Crippen molar-refractivity contribution in [2.24, 2.45) is 5.92 Å². The minimum atomic E-state index is -4.17. The van der Waals surface area contributed by atoms with Gasteiger partial charge in [-0.1, -0.05) is 74.0 Å². The molecule has 8 nitrogen and oxygen atoms in total. The molecule has 2 amide bonds. The Kier molecular flexibility index (Phi) is 11.0. The summed E-state index contributed by atoms with van der Waals surface area (Å²) in [6, 6.07) is 21.2. The van der Waals surface area contributed by atoms with Crippen LogP contribution in [0.3, 0.4) is 0 Å². The number of carbonyl (C=O) groups excluding carboxylic acids is 2. The van der Waals surface area contributed by atoms with Crippen molar-refractivity contribution in [1.29, 1.82) is 0 Å². The first-order valence-corrected chi connectivity index (χ1v) is 14.9. The average Bonchev–Trinajstić information content (AvgIpc) is 2.95. The third kappa shape index (κ3) is 7.99. The summed E-state index contributed by atoms with van der Waals surface area (Å²) in [6.07, 6.45) is 0.494. The highest BCUT2D eigenvalue weighted by Gasteiger charge is 2.32. The molecular weight excluding hydrogens is 550 g/mol. The van der Waals surface area contributed by atoms with Crippen LogP contribution in [0.2, 0.25) is 5.02 Å². The monoisotopic (exact) mass is 585 g/mol. The number of amides is 2. The van der Waals surface area contributed by atoms with Crippen LogP contribution < -0.4 is 14.4 Å². The summed E-state index contributed by atoms with van der Waals surface area (Å²) in [5.74, 6) is -0.223. The van der Waals surface area contributed by atoms with Crippen molar-refractivity contribution in [3.8, 4) is 5.75 Å². The van der Waals surface area contributed by atoms with Gasteiger partial charge in [0.2, 0.25) is 11.8 Å². The molecule has 10 heteroatoms. The summed E-state index contributed by atoms with van der Waals surface area (Å²) >= 11 is 6.34. The fourth-order valence-corrected chi connectivity index (χ4v) is 5.76. The van der Waals surface area contributed by atoms with E-state index in [0.717, 1.165) is 9.87 Å². The van der Waals surface area contributed by atoms with Gasteiger partial charge >= 0.3 is 0 Å². The van der Waals surface area contributed by atoms with E-state index in [9.17, 15) is 18.0 Å². The molecule has 0 aliphatic carbocycles. The lowest BCUT2D eigenvalue weighted by atomic mass is 10.1. The van der Waals surface area contributed by atoms with E-state index in [0.29, 0.717) is 18.7 Å². The zero-order valence-corrected chi connectivity index (χ0v) is 24.8. The Hall–Kier alpha value is -3.56. The second-order valence-electron chi connectivity index (χ2n) is 9.78. The van der Waals surface area contributed by atoms with Crippen LogP contribution >= 0.6 is 11.6 Å². The maximum atomic E-state index is 13.9. The Morgan fingerprint density at radius 1 is 0.950 bits per heavy atom. The molecule has 0 spiro atoms. The number of anilines is 1. The second-order valence-corrected chi connectivity index (χ2v) is 12.1. The van der Waals surface area contributed by atoms with Crippen LogP contribution in [-0.2, 0) is 26.0 Å². The van der Waals surface area contributed by atoms with Crippen molar-refractivity contribution in [1.82, 2.24) is 10.2 Å².